The van der Waals surface area contributed by atoms with E-state index in [4.69, 9.17) is 4.74 Å². The molecule has 3 fully saturated rings. The minimum Gasteiger partial charge on any atom is -0.462 e. The minimum atomic E-state index is -0.237. The summed E-state index contributed by atoms with van der Waals surface area (Å²) in [6.45, 7) is 7.77. The summed E-state index contributed by atoms with van der Waals surface area (Å²) in [5.41, 5.74) is 1.21. The standard InChI is InChI=1S/C23H32O4/c1-13(24)17-5-6-18-21-19(8-10-23(17,18)4)22(3)9-7-16(27-14(2)25)11-15(22)12-20(21)26/h12,16-19,21H,5-11H2,1-4H3/t16-,17+,18?,19?,21?,22-,23+/m0/s1. The summed E-state index contributed by atoms with van der Waals surface area (Å²) >= 11 is 0. The lowest BCUT2D eigenvalue weighted by atomic mass is 9.47. The Morgan fingerprint density at radius 1 is 1.04 bits per heavy atom. The van der Waals surface area contributed by atoms with Gasteiger partial charge in [-0.15, -0.1) is 0 Å². The normalized spacial score (nSPS) is 46.0. The molecule has 0 bridgehead atoms. The molecule has 0 aromatic heterocycles. The van der Waals surface area contributed by atoms with E-state index >= 15 is 0 Å². The number of Topliss-reactive ketones (excluding diaryl/α,β-unsaturated/α-hetero) is 1. The SMILES string of the molecule is CC(=O)O[C@H]1CC[C@@]2(C)C(=CC(=O)C3C2CC[C@@]2(C)C3CC[C@@H]2C(C)=O)C1. The van der Waals surface area contributed by atoms with Crippen molar-refractivity contribution in [2.75, 3.05) is 0 Å². The molecule has 0 saturated heterocycles. The van der Waals surface area contributed by atoms with Gasteiger partial charge in [-0.3, -0.25) is 14.4 Å². The number of allylic oxidation sites excluding steroid dienone is 1. The fourth-order valence-electron chi connectivity index (χ4n) is 7.37. The topological polar surface area (TPSA) is 60.4 Å². The Labute approximate surface area is 162 Å². The molecule has 0 aromatic carbocycles. The molecule has 0 amide bonds. The quantitative estimate of drug-likeness (QED) is 0.679. The summed E-state index contributed by atoms with van der Waals surface area (Å²) < 4.78 is 5.45. The van der Waals surface area contributed by atoms with Crippen LogP contribution in [0, 0.1) is 34.5 Å². The number of ether oxygens (including phenoxy) is 1. The first-order valence-electron chi connectivity index (χ1n) is 10.6. The Bertz CT molecular complexity index is 722. The van der Waals surface area contributed by atoms with Crippen LogP contribution < -0.4 is 0 Å². The Morgan fingerprint density at radius 3 is 2.44 bits per heavy atom. The predicted octanol–water partition coefficient (Wildman–Crippen LogP) is 4.27. The molecule has 3 saturated carbocycles. The largest absolute Gasteiger partial charge is 0.462 e. The zero-order valence-electron chi connectivity index (χ0n) is 17.0. The average Bonchev–Trinajstić information content (AvgIpc) is 2.93. The lowest BCUT2D eigenvalue weighted by Crippen LogP contribution is -2.54. The number of hydrogen-bond donors (Lipinski definition) is 0. The third-order valence-electron chi connectivity index (χ3n) is 8.72. The van der Waals surface area contributed by atoms with Crippen LogP contribution in [0.2, 0.25) is 0 Å². The van der Waals surface area contributed by atoms with Gasteiger partial charge in [0.15, 0.2) is 5.78 Å². The van der Waals surface area contributed by atoms with Crippen LogP contribution in [0.4, 0.5) is 0 Å². The highest BCUT2D eigenvalue weighted by Crippen LogP contribution is 2.65. The summed E-state index contributed by atoms with van der Waals surface area (Å²) in [7, 11) is 0. The second-order valence-electron chi connectivity index (χ2n) is 9.99. The van der Waals surface area contributed by atoms with Crippen LogP contribution in [0.3, 0.4) is 0 Å². The van der Waals surface area contributed by atoms with Gasteiger partial charge in [-0.2, -0.15) is 0 Å². The number of fused-ring (bicyclic) bond motifs is 5. The van der Waals surface area contributed by atoms with E-state index in [-0.39, 0.29) is 40.5 Å². The minimum absolute atomic E-state index is 0.0146. The van der Waals surface area contributed by atoms with E-state index in [2.05, 4.69) is 13.8 Å². The number of hydrogen-bond acceptors (Lipinski definition) is 4. The van der Waals surface area contributed by atoms with Crippen LogP contribution in [0.15, 0.2) is 11.6 Å². The van der Waals surface area contributed by atoms with E-state index < -0.39 is 0 Å². The van der Waals surface area contributed by atoms with E-state index in [9.17, 15) is 14.4 Å². The molecular weight excluding hydrogens is 340 g/mol. The van der Waals surface area contributed by atoms with Gasteiger partial charge in [-0.1, -0.05) is 19.4 Å². The van der Waals surface area contributed by atoms with Crippen molar-refractivity contribution in [3.63, 3.8) is 0 Å². The second-order valence-corrected chi connectivity index (χ2v) is 9.99. The molecular formula is C23H32O4. The third-order valence-corrected chi connectivity index (χ3v) is 8.72. The summed E-state index contributed by atoms with van der Waals surface area (Å²) in [6.07, 6.45) is 8.37. The van der Waals surface area contributed by atoms with Crippen molar-refractivity contribution in [1.29, 1.82) is 0 Å². The third kappa shape index (κ3) is 2.74. The molecule has 0 heterocycles. The average molecular weight is 373 g/mol. The van der Waals surface area contributed by atoms with Gasteiger partial charge in [0, 0.05) is 25.2 Å². The maximum Gasteiger partial charge on any atom is 0.302 e. The van der Waals surface area contributed by atoms with Gasteiger partial charge in [0.25, 0.3) is 0 Å². The molecule has 0 aromatic rings. The van der Waals surface area contributed by atoms with E-state index in [0.29, 0.717) is 24.0 Å². The fourth-order valence-corrected chi connectivity index (χ4v) is 7.37. The van der Waals surface area contributed by atoms with Crippen LogP contribution in [-0.2, 0) is 19.1 Å². The van der Waals surface area contributed by atoms with Crippen LogP contribution in [-0.4, -0.2) is 23.6 Å². The Balaban J connectivity index is 1.65. The summed E-state index contributed by atoms with van der Waals surface area (Å²) in [5.74, 6) is 1.20. The lowest BCUT2D eigenvalue weighted by molar-refractivity contribution is -0.149. The zero-order valence-corrected chi connectivity index (χ0v) is 17.0. The maximum absolute atomic E-state index is 13.2. The maximum atomic E-state index is 13.2. The van der Waals surface area contributed by atoms with Gasteiger partial charge in [0.1, 0.15) is 11.9 Å². The summed E-state index contributed by atoms with van der Waals surface area (Å²) in [6, 6.07) is 0. The van der Waals surface area contributed by atoms with E-state index in [1.165, 1.54) is 12.5 Å². The Morgan fingerprint density at radius 2 is 1.78 bits per heavy atom. The Kier molecular flexibility index (Phi) is 4.40. The Hall–Kier alpha value is -1.45. The molecule has 4 rings (SSSR count). The highest BCUT2D eigenvalue weighted by molar-refractivity contribution is 5.95. The molecule has 4 nitrogen and oxygen atoms in total. The number of rotatable bonds is 2. The summed E-state index contributed by atoms with van der Waals surface area (Å²) in [4.78, 5) is 36.8. The molecule has 4 aliphatic rings. The first-order chi connectivity index (χ1) is 12.7. The second kappa shape index (κ2) is 6.28. The van der Waals surface area contributed by atoms with Crippen LogP contribution in [0.25, 0.3) is 0 Å². The molecule has 0 spiro atoms. The highest BCUT2D eigenvalue weighted by Gasteiger charge is 2.61. The van der Waals surface area contributed by atoms with Crippen molar-refractivity contribution in [2.45, 2.75) is 78.7 Å². The van der Waals surface area contributed by atoms with Crippen molar-refractivity contribution in [3.8, 4) is 0 Å². The first-order valence-corrected chi connectivity index (χ1v) is 10.6. The predicted molar refractivity (Wildman–Crippen MR) is 102 cm³/mol. The van der Waals surface area contributed by atoms with Gasteiger partial charge >= 0.3 is 5.97 Å². The smallest absolute Gasteiger partial charge is 0.302 e. The van der Waals surface area contributed by atoms with Crippen molar-refractivity contribution >= 4 is 17.5 Å². The van der Waals surface area contributed by atoms with Gasteiger partial charge in [0.2, 0.25) is 0 Å². The molecule has 27 heavy (non-hydrogen) atoms. The monoisotopic (exact) mass is 372 g/mol. The van der Waals surface area contributed by atoms with Gasteiger partial charge < -0.3 is 4.74 Å². The molecule has 4 aliphatic carbocycles. The highest BCUT2D eigenvalue weighted by atomic mass is 16.5. The molecule has 148 valence electrons. The number of carbonyl (C=O) groups is 3. The van der Waals surface area contributed by atoms with Crippen molar-refractivity contribution < 1.29 is 19.1 Å². The number of carbonyl (C=O) groups excluding carboxylic acids is 3. The first kappa shape index (κ1) is 18.9. The van der Waals surface area contributed by atoms with Gasteiger partial charge in [0.05, 0.1) is 0 Å². The van der Waals surface area contributed by atoms with E-state index in [0.717, 1.165) is 38.5 Å². The van der Waals surface area contributed by atoms with Crippen molar-refractivity contribution in [3.05, 3.63) is 11.6 Å². The van der Waals surface area contributed by atoms with E-state index in [1.54, 1.807) is 6.92 Å². The molecule has 0 aliphatic heterocycles. The molecule has 7 atom stereocenters. The molecule has 3 unspecified atom stereocenters. The zero-order chi connectivity index (χ0) is 19.6. The summed E-state index contributed by atoms with van der Waals surface area (Å²) in [5, 5.41) is 0. The van der Waals surface area contributed by atoms with Crippen LogP contribution in [0.5, 0.6) is 0 Å². The molecule has 4 heteroatoms. The lowest BCUT2D eigenvalue weighted by Gasteiger charge is -2.57. The van der Waals surface area contributed by atoms with Crippen LogP contribution >= 0.6 is 0 Å². The van der Waals surface area contributed by atoms with Crippen LogP contribution in [0.1, 0.15) is 72.6 Å². The van der Waals surface area contributed by atoms with Gasteiger partial charge in [-0.25, -0.2) is 0 Å². The van der Waals surface area contributed by atoms with Gasteiger partial charge in [-0.05, 0) is 74.2 Å². The van der Waals surface area contributed by atoms with Crippen molar-refractivity contribution in [1.82, 2.24) is 0 Å². The number of ketones is 2. The fraction of sp³-hybridized carbons (Fsp3) is 0.783. The van der Waals surface area contributed by atoms with Crippen molar-refractivity contribution in [2.24, 2.45) is 34.5 Å². The number of esters is 1. The molecule has 0 radical (unpaired) electrons. The van der Waals surface area contributed by atoms with E-state index in [1.807, 2.05) is 6.08 Å². The molecule has 0 N–H and O–H groups in total.